The second-order valence-electron chi connectivity index (χ2n) is 4.22. The van der Waals surface area contributed by atoms with Crippen molar-refractivity contribution in [2.75, 3.05) is 5.73 Å². The summed E-state index contributed by atoms with van der Waals surface area (Å²) in [6.45, 7) is 2.01. The van der Waals surface area contributed by atoms with Gasteiger partial charge in [-0.2, -0.15) is 5.10 Å². The van der Waals surface area contributed by atoms with Gasteiger partial charge in [-0.1, -0.05) is 0 Å². The Balaban J connectivity index is 2.36. The Morgan fingerprint density at radius 1 is 1.39 bits per heavy atom. The van der Waals surface area contributed by atoms with Crippen LogP contribution in [0.2, 0.25) is 0 Å². The zero-order valence-corrected chi connectivity index (χ0v) is 11.6. The summed E-state index contributed by atoms with van der Waals surface area (Å²) in [7, 11) is 1.88. The summed E-state index contributed by atoms with van der Waals surface area (Å²) in [6.07, 6.45) is 3.66. The molecule has 6 heteroatoms. The monoisotopic (exact) mass is 305 g/mol. The Morgan fingerprint density at radius 3 is 2.83 bits per heavy atom. The molecule has 0 aliphatic heterocycles. The molecule has 3 heterocycles. The SMILES string of the molecule is Cc1cc(Br)cn2c(N)c(-c3ccnn3C)nc12. The van der Waals surface area contributed by atoms with Gasteiger partial charge >= 0.3 is 0 Å². The van der Waals surface area contributed by atoms with Gasteiger partial charge in [0.2, 0.25) is 0 Å². The summed E-state index contributed by atoms with van der Waals surface area (Å²) in [5, 5.41) is 4.15. The molecule has 3 aromatic rings. The molecule has 18 heavy (non-hydrogen) atoms. The van der Waals surface area contributed by atoms with Crippen molar-refractivity contribution in [3.8, 4) is 11.4 Å². The van der Waals surface area contributed by atoms with Gasteiger partial charge in [0.05, 0.1) is 5.69 Å². The van der Waals surface area contributed by atoms with E-state index in [1.807, 2.05) is 36.7 Å². The molecule has 3 aromatic heterocycles. The molecule has 0 fully saturated rings. The van der Waals surface area contributed by atoms with Crippen molar-refractivity contribution >= 4 is 27.4 Å². The Morgan fingerprint density at radius 2 is 2.17 bits per heavy atom. The number of nitrogens with two attached hydrogens (primary N) is 1. The molecular formula is C12H12BrN5. The third kappa shape index (κ3) is 1.53. The number of halogens is 1. The predicted octanol–water partition coefficient (Wildman–Crippen LogP) is 2.39. The summed E-state index contributed by atoms with van der Waals surface area (Å²) in [6, 6.07) is 3.93. The first-order valence-electron chi connectivity index (χ1n) is 5.50. The highest BCUT2D eigenvalue weighted by atomic mass is 79.9. The number of rotatable bonds is 1. The van der Waals surface area contributed by atoms with Gasteiger partial charge in [0.25, 0.3) is 0 Å². The second kappa shape index (κ2) is 3.84. The number of fused-ring (bicyclic) bond motifs is 1. The lowest BCUT2D eigenvalue weighted by molar-refractivity contribution is 0.774. The van der Waals surface area contributed by atoms with Crippen molar-refractivity contribution in [1.82, 2.24) is 19.2 Å². The van der Waals surface area contributed by atoms with Crippen molar-refractivity contribution in [3.05, 3.63) is 34.6 Å². The smallest absolute Gasteiger partial charge is 0.142 e. The van der Waals surface area contributed by atoms with Crippen LogP contribution in [0.5, 0.6) is 0 Å². The number of aryl methyl sites for hydroxylation is 2. The molecular weight excluding hydrogens is 294 g/mol. The minimum absolute atomic E-state index is 0.623. The fraction of sp³-hybridized carbons (Fsp3) is 0.167. The van der Waals surface area contributed by atoms with Crippen molar-refractivity contribution in [1.29, 1.82) is 0 Å². The molecule has 92 valence electrons. The van der Waals surface area contributed by atoms with Crippen molar-refractivity contribution in [2.45, 2.75) is 6.92 Å². The molecule has 0 amide bonds. The number of anilines is 1. The van der Waals surface area contributed by atoms with Crippen LogP contribution in [-0.4, -0.2) is 19.2 Å². The molecule has 5 nitrogen and oxygen atoms in total. The van der Waals surface area contributed by atoms with E-state index >= 15 is 0 Å². The standard InChI is InChI=1S/C12H12BrN5/c1-7-5-8(13)6-18-11(14)10(16-12(7)18)9-3-4-15-17(9)2/h3-6H,14H2,1-2H3. The van der Waals surface area contributed by atoms with Gasteiger partial charge in [-0.15, -0.1) is 0 Å². The van der Waals surface area contributed by atoms with Crippen LogP contribution in [-0.2, 0) is 7.05 Å². The van der Waals surface area contributed by atoms with Crippen LogP contribution in [0.15, 0.2) is 29.0 Å². The number of hydrogen-bond donors (Lipinski definition) is 1. The second-order valence-corrected chi connectivity index (χ2v) is 5.14. The number of nitrogens with zero attached hydrogens (tertiary/aromatic N) is 4. The van der Waals surface area contributed by atoms with Crippen molar-refractivity contribution < 1.29 is 0 Å². The lowest BCUT2D eigenvalue weighted by Gasteiger charge is -2.01. The van der Waals surface area contributed by atoms with E-state index in [0.717, 1.165) is 27.1 Å². The zero-order valence-electron chi connectivity index (χ0n) is 10.1. The summed E-state index contributed by atoms with van der Waals surface area (Å²) in [4.78, 5) is 4.61. The predicted molar refractivity (Wildman–Crippen MR) is 74.2 cm³/mol. The van der Waals surface area contributed by atoms with Crippen LogP contribution < -0.4 is 5.73 Å². The van der Waals surface area contributed by atoms with E-state index in [-0.39, 0.29) is 0 Å². The molecule has 0 aromatic carbocycles. The largest absolute Gasteiger partial charge is 0.383 e. The Labute approximate surface area is 112 Å². The summed E-state index contributed by atoms with van der Waals surface area (Å²) in [5.41, 5.74) is 9.79. The van der Waals surface area contributed by atoms with E-state index in [0.29, 0.717) is 5.82 Å². The Kier molecular flexibility index (Phi) is 2.41. The van der Waals surface area contributed by atoms with Crippen molar-refractivity contribution in [3.63, 3.8) is 0 Å². The van der Waals surface area contributed by atoms with Crippen LogP contribution in [0.4, 0.5) is 5.82 Å². The van der Waals surface area contributed by atoms with Crippen LogP contribution in [0.25, 0.3) is 17.0 Å². The normalized spacial score (nSPS) is 11.3. The third-order valence-electron chi connectivity index (χ3n) is 2.97. The zero-order chi connectivity index (χ0) is 12.9. The molecule has 0 radical (unpaired) electrons. The van der Waals surface area contributed by atoms with Gasteiger partial charge in [0, 0.05) is 23.9 Å². The van der Waals surface area contributed by atoms with Gasteiger partial charge in [-0.05, 0) is 40.5 Å². The third-order valence-corrected chi connectivity index (χ3v) is 3.40. The lowest BCUT2D eigenvalue weighted by Crippen LogP contribution is -1.98. The molecule has 0 aliphatic rings. The average molecular weight is 306 g/mol. The minimum Gasteiger partial charge on any atom is -0.383 e. The maximum Gasteiger partial charge on any atom is 0.142 e. The Bertz CT molecular complexity index is 740. The molecule has 0 atom stereocenters. The highest BCUT2D eigenvalue weighted by Gasteiger charge is 2.15. The number of hydrogen-bond acceptors (Lipinski definition) is 3. The molecule has 0 unspecified atom stereocenters. The summed E-state index contributed by atoms with van der Waals surface area (Å²) in [5.74, 6) is 0.623. The van der Waals surface area contributed by atoms with E-state index in [1.165, 1.54) is 0 Å². The van der Waals surface area contributed by atoms with Crippen LogP contribution in [0, 0.1) is 6.92 Å². The van der Waals surface area contributed by atoms with Crippen molar-refractivity contribution in [2.24, 2.45) is 7.05 Å². The number of pyridine rings is 1. The topological polar surface area (TPSA) is 61.1 Å². The average Bonchev–Trinajstić information content (AvgIpc) is 2.85. The lowest BCUT2D eigenvalue weighted by atomic mass is 10.3. The summed E-state index contributed by atoms with van der Waals surface area (Å²) >= 11 is 3.47. The molecule has 2 N–H and O–H groups in total. The highest BCUT2D eigenvalue weighted by molar-refractivity contribution is 9.10. The van der Waals surface area contributed by atoms with Crippen LogP contribution in [0.1, 0.15) is 5.56 Å². The van der Waals surface area contributed by atoms with Crippen LogP contribution in [0.3, 0.4) is 0 Å². The highest BCUT2D eigenvalue weighted by Crippen LogP contribution is 2.28. The maximum atomic E-state index is 6.18. The first-order valence-corrected chi connectivity index (χ1v) is 6.29. The van der Waals surface area contributed by atoms with E-state index in [1.54, 1.807) is 10.9 Å². The van der Waals surface area contributed by atoms with Gasteiger partial charge in [0.15, 0.2) is 0 Å². The summed E-state index contributed by atoms with van der Waals surface area (Å²) < 4.78 is 4.64. The molecule has 0 bridgehead atoms. The first kappa shape index (κ1) is 11.3. The fourth-order valence-corrected chi connectivity index (χ4v) is 2.63. The fourth-order valence-electron chi connectivity index (χ4n) is 2.08. The minimum atomic E-state index is 0.623. The van der Waals surface area contributed by atoms with Gasteiger partial charge in [-0.3, -0.25) is 9.08 Å². The van der Waals surface area contributed by atoms with Gasteiger partial charge < -0.3 is 5.73 Å². The maximum absolute atomic E-state index is 6.18. The number of nitrogen functional groups attached to an aromatic ring is 1. The van der Waals surface area contributed by atoms with E-state index in [9.17, 15) is 0 Å². The van der Waals surface area contributed by atoms with E-state index in [2.05, 4.69) is 26.0 Å². The molecule has 0 spiro atoms. The first-order chi connectivity index (χ1) is 8.58. The van der Waals surface area contributed by atoms with Crippen LogP contribution >= 0.6 is 15.9 Å². The van der Waals surface area contributed by atoms with E-state index < -0.39 is 0 Å². The number of imidazole rings is 1. The Hall–Kier alpha value is -1.82. The number of aromatic nitrogens is 4. The molecule has 0 saturated carbocycles. The molecule has 0 aliphatic carbocycles. The molecule has 3 rings (SSSR count). The quantitative estimate of drug-likeness (QED) is 0.751. The molecule has 0 saturated heterocycles. The van der Waals surface area contributed by atoms with E-state index in [4.69, 9.17) is 5.73 Å². The van der Waals surface area contributed by atoms with Gasteiger partial charge in [-0.25, -0.2) is 4.98 Å². The van der Waals surface area contributed by atoms with Gasteiger partial charge in [0.1, 0.15) is 17.2 Å².